The SMILES string of the molecule is CC(CNS(=O)(=O)C(C)C)C1CCC(O)(c2ccc(CCNS(=O)(=O)CCc3ccccc3)cc2)CC1. The summed E-state index contributed by atoms with van der Waals surface area (Å²) in [5.41, 5.74) is 2.01. The van der Waals surface area contributed by atoms with E-state index in [1.807, 2.05) is 54.6 Å². The Morgan fingerprint density at radius 2 is 1.46 bits per heavy atom. The highest BCUT2D eigenvalue weighted by atomic mass is 32.2. The molecule has 1 saturated carbocycles. The van der Waals surface area contributed by atoms with Crippen LogP contribution in [0.15, 0.2) is 54.6 Å². The summed E-state index contributed by atoms with van der Waals surface area (Å²) in [6, 6.07) is 17.4. The fraction of sp³-hybridized carbons (Fsp3) is 0.571. The van der Waals surface area contributed by atoms with Crippen molar-refractivity contribution in [3.63, 3.8) is 0 Å². The Labute approximate surface area is 223 Å². The zero-order valence-corrected chi connectivity index (χ0v) is 23.8. The first kappa shape index (κ1) is 29.8. The molecule has 37 heavy (non-hydrogen) atoms. The minimum Gasteiger partial charge on any atom is -0.385 e. The maximum Gasteiger partial charge on any atom is 0.213 e. The minimum absolute atomic E-state index is 0.0617. The van der Waals surface area contributed by atoms with Crippen LogP contribution in [0.25, 0.3) is 0 Å². The maximum absolute atomic E-state index is 12.3. The summed E-state index contributed by atoms with van der Waals surface area (Å²) in [5.74, 6) is 0.632. The number of aliphatic hydroxyl groups is 1. The van der Waals surface area contributed by atoms with E-state index in [0.29, 0.717) is 44.7 Å². The van der Waals surface area contributed by atoms with Gasteiger partial charge in [0.15, 0.2) is 0 Å². The van der Waals surface area contributed by atoms with Crippen LogP contribution in [-0.2, 0) is 38.5 Å². The molecule has 3 N–H and O–H groups in total. The molecule has 2 aromatic carbocycles. The van der Waals surface area contributed by atoms with Gasteiger partial charge in [0.25, 0.3) is 0 Å². The Morgan fingerprint density at radius 3 is 2.05 bits per heavy atom. The Hall–Kier alpha value is -1.78. The summed E-state index contributed by atoms with van der Waals surface area (Å²) < 4.78 is 54.1. The summed E-state index contributed by atoms with van der Waals surface area (Å²) in [6.07, 6.45) is 4.02. The number of nitrogens with one attached hydrogen (secondary N) is 2. The van der Waals surface area contributed by atoms with E-state index in [-0.39, 0.29) is 11.7 Å². The lowest BCUT2D eigenvalue weighted by Crippen LogP contribution is -2.38. The fourth-order valence-corrected chi connectivity index (χ4v) is 6.75. The summed E-state index contributed by atoms with van der Waals surface area (Å²) in [7, 11) is -6.61. The molecule has 1 unspecified atom stereocenters. The van der Waals surface area contributed by atoms with Crippen LogP contribution in [0.3, 0.4) is 0 Å². The highest BCUT2D eigenvalue weighted by Gasteiger charge is 2.36. The van der Waals surface area contributed by atoms with Crippen LogP contribution in [0.2, 0.25) is 0 Å². The normalized spacial score (nSPS) is 21.7. The van der Waals surface area contributed by atoms with Gasteiger partial charge in [-0.05, 0) is 80.9 Å². The molecule has 1 atom stereocenters. The van der Waals surface area contributed by atoms with Crippen LogP contribution >= 0.6 is 0 Å². The zero-order chi connectivity index (χ0) is 27.1. The van der Waals surface area contributed by atoms with Crippen molar-refractivity contribution in [2.45, 2.75) is 70.1 Å². The van der Waals surface area contributed by atoms with Crippen LogP contribution in [-0.4, -0.2) is 46.0 Å². The number of rotatable bonds is 13. The van der Waals surface area contributed by atoms with Gasteiger partial charge >= 0.3 is 0 Å². The Balaban J connectivity index is 1.44. The molecule has 0 spiro atoms. The quantitative estimate of drug-likeness (QED) is 0.352. The molecule has 0 bridgehead atoms. The van der Waals surface area contributed by atoms with E-state index in [0.717, 1.165) is 29.5 Å². The van der Waals surface area contributed by atoms with Crippen LogP contribution in [0, 0.1) is 11.8 Å². The molecule has 1 aliphatic rings. The van der Waals surface area contributed by atoms with Crippen molar-refractivity contribution in [3.05, 3.63) is 71.3 Å². The Kier molecular flexibility index (Phi) is 10.3. The molecular weight excluding hydrogens is 508 g/mol. The summed E-state index contributed by atoms with van der Waals surface area (Å²) >= 11 is 0. The molecule has 0 aromatic heterocycles. The monoisotopic (exact) mass is 550 g/mol. The second-order valence-electron chi connectivity index (χ2n) is 10.7. The predicted molar refractivity (Wildman–Crippen MR) is 149 cm³/mol. The number of hydrogen-bond acceptors (Lipinski definition) is 5. The van der Waals surface area contributed by atoms with E-state index in [2.05, 4.69) is 16.4 Å². The fourth-order valence-electron chi connectivity index (χ4n) is 4.86. The molecular formula is C28H42N2O5S2. The smallest absolute Gasteiger partial charge is 0.213 e. The number of sulfonamides is 2. The topological polar surface area (TPSA) is 113 Å². The first-order valence-corrected chi connectivity index (χ1v) is 16.4. The maximum atomic E-state index is 12.3. The van der Waals surface area contributed by atoms with Gasteiger partial charge in [-0.3, -0.25) is 0 Å². The standard InChI is InChI=1S/C28H42N2O5S2/c1-22(2)37(34,35)30-21-23(3)26-13-17-28(31,18-14-26)27-11-9-25(10-12-27)15-19-29-36(32,33)20-16-24-7-5-4-6-8-24/h4-12,22-23,26,29-31H,13-21H2,1-3H3. The van der Waals surface area contributed by atoms with Gasteiger partial charge in [-0.15, -0.1) is 0 Å². The van der Waals surface area contributed by atoms with Gasteiger partial charge < -0.3 is 5.11 Å². The van der Waals surface area contributed by atoms with Crippen LogP contribution < -0.4 is 9.44 Å². The lowest BCUT2D eigenvalue weighted by molar-refractivity contribution is -0.0207. The Morgan fingerprint density at radius 1 is 0.865 bits per heavy atom. The lowest BCUT2D eigenvalue weighted by Gasteiger charge is -2.38. The molecule has 2 aromatic rings. The third kappa shape index (κ3) is 8.89. The van der Waals surface area contributed by atoms with Gasteiger partial charge in [-0.25, -0.2) is 26.3 Å². The van der Waals surface area contributed by atoms with Gasteiger partial charge in [0.05, 0.1) is 16.6 Å². The van der Waals surface area contributed by atoms with E-state index in [1.54, 1.807) is 13.8 Å². The number of benzene rings is 2. The zero-order valence-electron chi connectivity index (χ0n) is 22.2. The lowest BCUT2D eigenvalue weighted by atomic mass is 9.71. The van der Waals surface area contributed by atoms with Crippen LogP contribution in [0.1, 0.15) is 63.1 Å². The third-order valence-electron chi connectivity index (χ3n) is 7.62. The molecule has 0 radical (unpaired) electrons. The molecule has 3 rings (SSSR count). The van der Waals surface area contributed by atoms with Gasteiger partial charge in [-0.2, -0.15) is 0 Å². The van der Waals surface area contributed by atoms with E-state index < -0.39 is 30.9 Å². The largest absolute Gasteiger partial charge is 0.385 e. The van der Waals surface area contributed by atoms with Crippen molar-refractivity contribution >= 4 is 20.0 Å². The second kappa shape index (κ2) is 12.8. The molecule has 7 nitrogen and oxygen atoms in total. The van der Waals surface area contributed by atoms with Crippen molar-refractivity contribution in [3.8, 4) is 0 Å². The molecule has 0 saturated heterocycles. The highest BCUT2D eigenvalue weighted by Crippen LogP contribution is 2.41. The van der Waals surface area contributed by atoms with Crippen molar-refractivity contribution in [2.75, 3.05) is 18.8 Å². The van der Waals surface area contributed by atoms with E-state index >= 15 is 0 Å². The Bertz CT molecular complexity index is 1190. The molecule has 0 heterocycles. The summed E-state index contributed by atoms with van der Waals surface area (Å²) in [4.78, 5) is 0. The van der Waals surface area contributed by atoms with Gasteiger partial charge in [-0.1, -0.05) is 61.5 Å². The van der Waals surface area contributed by atoms with Crippen LogP contribution in [0.4, 0.5) is 0 Å². The van der Waals surface area contributed by atoms with Crippen molar-refractivity contribution in [1.29, 1.82) is 0 Å². The summed E-state index contributed by atoms with van der Waals surface area (Å²) in [6.45, 7) is 6.17. The molecule has 206 valence electrons. The molecule has 1 aliphatic carbocycles. The van der Waals surface area contributed by atoms with Crippen LogP contribution in [0.5, 0.6) is 0 Å². The van der Waals surface area contributed by atoms with Crippen molar-refractivity contribution in [1.82, 2.24) is 9.44 Å². The average Bonchev–Trinajstić information content (AvgIpc) is 2.87. The summed E-state index contributed by atoms with van der Waals surface area (Å²) in [5, 5.41) is 10.9. The number of aryl methyl sites for hydroxylation is 1. The third-order valence-corrected chi connectivity index (χ3v) is 10.8. The first-order chi connectivity index (χ1) is 17.4. The minimum atomic E-state index is -3.34. The number of hydrogen-bond donors (Lipinski definition) is 3. The van der Waals surface area contributed by atoms with Crippen molar-refractivity contribution < 1.29 is 21.9 Å². The molecule has 0 aliphatic heterocycles. The van der Waals surface area contributed by atoms with Gasteiger partial charge in [0, 0.05) is 13.1 Å². The molecule has 1 fully saturated rings. The predicted octanol–water partition coefficient (Wildman–Crippen LogP) is 3.73. The molecule has 9 heteroatoms. The van der Waals surface area contributed by atoms with E-state index in [1.165, 1.54) is 0 Å². The van der Waals surface area contributed by atoms with Gasteiger partial charge in [0.2, 0.25) is 20.0 Å². The highest BCUT2D eigenvalue weighted by molar-refractivity contribution is 7.90. The molecule has 0 amide bonds. The van der Waals surface area contributed by atoms with Crippen molar-refractivity contribution in [2.24, 2.45) is 11.8 Å². The van der Waals surface area contributed by atoms with E-state index in [9.17, 15) is 21.9 Å². The van der Waals surface area contributed by atoms with Gasteiger partial charge in [0.1, 0.15) is 0 Å². The second-order valence-corrected chi connectivity index (χ2v) is 14.9. The average molecular weight is 551 g/mol. The van der Waals surface area contributed by atoms with E-state index in [4.69, 9.17) is 0 Å². The first-order valence-electron chi connectivity index (χ1n) is 13.2.